The predicted octanol–water partition coefficient (Wildman–Crippen LogP) is 2.54. The van der Waals surface area contributed by atoms with Crippen molar-refractivity contribution < 1.29 is 14.7 Å². The summed E-state index contributed by atoms with van der Waals surface area (Å²) in [6.07, 6.45) is 6.43. The van der Waals surface area contributed by atoms with Crippen molar-refractivity contribution in [2.24, 2.45) is 5.92 Å². The minimum absolute atomic E-state index is 0.0261. The van der Waals surface area contributed by atoms with Crippen LogP contribution in [0.2, 0.25) is 0 Å². The van der Waals surface area contributed by atoms with Gasteiger partial charge >= 0.3 is 5.97 Å². The molecule has 0 radical (unpaired) electrons. The predicted molar refractivity (Wildman–Crippen MR) is 78.3 cm³/mol. The summed E-state index contributed by atoms with van der Waals surface area (Å²) in [6, 6.07) is 0.217. The maximum atomic E-state index is 12.7. The van der Waals surface area contributed by atoms with Gasteiger partial charge in [-0.3, -0.25) is 4.79 Å². The SMILES string of the molecule is CC(C)CCN(C(=O)c1nc[nH]c1C(=O)O)C1CCCC1. The van der Waals surface area contributed by atoms with Crippen LogP contribution in [0.1, 0.15) is 66.9 Å². The van der Waals surface area contributed by atoms with Crippen molar-refractivity contribution in [2.45, 2.75) is 52.0 Å². The van der Waals surface area contributed by atoms with Crippen molar-refractivity contribution in [1.29, 1.82) is 0 Å². The van der Waals surface area contributed by atoms with E-state index in [2.05, 4.69) is 23.8 Å². The number of nitrogens with zero attached hydrogens (tertiary/aromatic N) is 2. The quantitative estimate of drug-likeness (QED) is 0.844. The van der Waals surface area contributed by atoms with E-state index in [9.17, 15) is 9.59 Å². The number of carboxylic acids is 1. The molecule has 1 fully saturated rings. The molecule has 0 atom stereocenters. The molecular formula is C15H23N3O3. The van der Waals surface area contributed by atoms with Crippen molar-refractivity contribution >= 4 is 11.9 Å². The lowest BCUT2D eigenvalue weighted by molar-refractivity contribution is 0.0633. The lowest BCUT2D eigenvalue weighted by Crippen LogP contribution is -2.40. The summed E-state index contributed by atoms with van der Waals surface area (Å²) in [5, 5.41) is 9.13. The van der Waals surface area contributed by atoms with Gasteiger partial charge < -0.3 is 15.0 Å². The highest BCUT2D eigenvalue weighted by Gasteiger charge is 2.31. The minimum Gasteiger partial charge on any atom is -0.477 e. The fraction of sp³-hybridized carbons (Fsp3) is 0.667. The van der Waals surface area contributed by atoms with Crippen LogP contribution in [0, 0.1) is 5.92 Å². The van der Waals surface area contributed by atoms with E-state index in [4.69, 9.17) is 5.11 Å². The Kier molecular flexibility index (Phi) is 4.98. The molecule has 0 aliphatic heterocycles. The van der Waals surface area contributed by atoms with E-state index in [0.717, 1.165) is 32.1 Å². The van der Waals surface area contributed by atoms with Gasteiger partial charge in [0.25, 0.3) is 5.91 Å². The Hall–Kier alpha value is -1.85. The first-order valence-corrected chi connectivity index (χ1v) is 7.58. The van der Waals surface area contributed by atoms with Gasteiger partial charge in [-0.2, -0.15) is 0 Å². The Morgan fingerprint density at radius 1 is 1.43 bits per heavy atom. The molecule has 6 heteroatoms. The topological polar surface area (TPSA) is 86.3 Å². The molecule has 1 heterocycles. The lowest BCUT2D eigenvalue weighted by Gasteiger charge is -2.29. The molecule has 0 unspecified atom stereocenters. The summed E-state index contributed by atoms with van der Waals surface area (Å²) in [5.41, 5.74) is -0.0919. The molecule has 0 aromatic carbocycles. The van der Waals surface area contributed by atoms with Crippen LogP contribution in [0.5, 0.6) is 0 Å². The van der Waals surface area contributed by atoms with Gasteiger partial charge in [0, 0.05) is 12.6 Å². The number of aromatic carboxylic acids is 1. The van der Waals surface area contributed by atoms with Crippen LogP contribution in [0.3, 0.4) is 0 Å². The van der Waals surface area contributed by atoms with Crippen LogP contribution in [-0.4, -0.2) is 44.4 Å². The Bertz CT molecular complexity index is 504. The first-order valence-electron chi connectivity index (χ1n) is 7.58. The number of H-pyrrole nitrogens is 1. The Labute approximate surface area is 124 Å². The largest absolute Gasteiger partial charge is 0.477 e. The number of carbonyl (C=O) groups excluding carboxylic acids is 1. The third-order valence-electron chi connectivity index (χ3n) is 4.03. The number of carbonyl (C=O) groups is 2. The first kappa shape index (κ1) is 15.5. The molecule has 1 saturated carbocycles. The van der Waals surface area contributed by atoms with E-state index < -0.39 is 5.97 Å². The first-order chi connectivity index (χ1) is 10.0. The number of amides is 1. The van der Waals surface area contributed by atoms with Gasteiger partial charge in [0.1, 0.15) is 0 Å². The molecule has 2 N–H and O–H groups in total. The van der Waals surface area contributed by atoms with Gasteiger partial charge in [0.15, 0.2) is 11.4 Å². The molecule has 116 valence electrons. The highest BCUT2D eigenvalue weighted by Crippen LogP contribution is 2.26. The van der Waals surface area contributed by atoms with Gasteiger partial charge in [-0.25, -0.2) is 9.78 Å². The number of hydrogen-bond acceptors (Lipinski definition) is 3. The van der Waals surface area contributed by atoms with E-state index in [0.29, 0.717) is 12.5 Å². The zero-order chi connectivity index (χ0) is 15.4. The molecule has 0 saturated heterocycles. The highest BCUT2D eigenvalue weighted by atomic mass is 16.4. The van der Waals surface area contributed by atoms with Crippen molar-refractivity contribution in [3.8, 4) is 0 Å². The summed E-state index contributed by atoms with van der Waals surface area (Å²) in [4.78, 5) is 32.2. The third-order valence-corrected chi connectivity index (χ3v) is 4.03. The van der Waals surface area contributed by atoms with Gasteiger partial charge in [0.2, 0.25) is 0 Å². The van der Waals surface area contributed by atoms with Crippen molar-refractivity contribution in [2.75, 3.05) is 6.54 Å². The number of carboxylic acid groups (broad SMARTS) is 1. The fourth-order valence-electron chi connectivity index (χ4n) is 2.82. The maximum Gasteiger partial charge on any atom is 0.354 e. The maximum absolute atomic E-state index is 12.7. The lowest BCUT2D eigenvalue weighted by atomic mass is 10.1. The number of hydrogen-bond donors (Lipinski definition) is 2. The molecule has 1 aliphatic rings. The Morgan fingerprint density at radius 2 is 2.10 bits per heavy atom. The standard InChI is InChI=1S/C15H23N3O3/c1-10(2)7-8-18(11-5-3-4-6-11)14(19)12-13(15(20)21)17-9-16-12/h9-11H,3-8H2,1-2H3,(H,16,17)(H,20,21). The molecule has 1 aromatic heterocycles. The molecule has 21 heavy (non-hydrogen) atoms. The fourth-order valence-corrected chi connectivity index (χ4v) is 2.82. The number of nitrogens with one attached hydrogen (secondary N) is 1. The summed E-state index contributed by atoms with van der Waals surface area (Å²) >= 11 is 0. The van der Waals surface area contributed by atoms with Crippen LogP contribution in [0.15, 0.2) is 6.33 Å². The average Bonchev–Trinajstić information content (AvgIpc) is 3.09. The third kappa shape index (κ3) is 3.62. The highest BCUT2D eigenvalue weighted by molar-refractivity contribution is 6.02. The van der Waals surface area contributed by atoms with Crippen LogP contribution < -0.4 is 0 Å². The van der Waals surface area contributed by atoms with Gasteiger partial charge in [0.05, 0.1) is 6.33 Å². The second-order valence-electron chi connectivity index (χ2n) is 6.05. The number of aromatic nitrogens is 2. The molecule has 6 nitrogen and oxygen atoms in total. The van der Waals surface area contributed by atoms with Crippen LogP contribution in [0.25, 0.3) is 0 Å². The smallest absolute Gasteiger partial charge is 0.354 e. The van der Waals surface area contributed by atoms with E-state index in [1.165, 1.54) is 6.33 Å². The normalized spacial score (nSPS) is 15.6. The van der Waals surface area contributed by atoms with Gasteiger partial charge in [-0.05, 0) is 25.2 Å². The summed E-state index contributed by atoms with van der Waals surface area (Å²) in [7, 11) is 0. The van der Waals surface area contributed by atoms with Crippen molar-refractivity contribution in [1.82, 2.24) is 14.9 Å². The van der Waals surface area contributed by atoms with E-state index >= 15 is 0 Å². The monoisotopic (exact) mass is 293 g/mol. The van der Waals surface area contributed by atoms with Crippen LogP contribution >= 0.6 is 0 Å². The molecule has 1 amide bonds. The van der Waals surface area contributed by atoms with Gasteiger partial charge in [-0.1, -0.05) is 26.7 Å². The number of rotatable bonds is 6. The molecule has 2 rings (SSSR count). The molecule has 1 aliphatic carbocycles. The summed E-state index contributed by atoms with van der Waals surface area (Å²) in [5.74, 6) is -0.910. The summed E-state index contributed by atoms with van der Waals surface area (Å²) in [6.45, 7) is 4.90. The second-order valence-corrected chi connectivity index (χ2v) is 6.05. The van der Waals surface area contributed by atoms with Crippen molar-refractivity contribution in [3.63, 3.8) is 0 Å². The van der Waals surface area contributed by atoms with E-state index in [1.54, 1.807) is 0 Å². The molecule has 1 aromatic rings. The zero-order valence-electron chi connectivity index (χ0n) is 12.6. The Balaban J connectivity index is 2.20. The minimum atomic E-state index is -1.15. The number of aromatic amines is 1. The number of imidazole rings is 1. The van der Waals surface area contributed by atoms with Crippen LogP contribution in [-0.2, 0) is 0 Å². The van der Waals surface area contributed by atoms with E-state index in [-0.39, 0.29) is 23.3 Å². The van der Waals surface area contributed by atoms with Gasteiger partial charge in [-0.15, -0.1) is 0 Å². The molecule has 0 spiro atoms. The van der Waals surface area contributed by atoms with Crippen molar-refractivity contribution in [3.05, 3.63) is 17.7 Å². The Morgan fingerprint density at radius 3 is 2.67 bits per heavy atom. The van der Waals surface area contributed by atoms with E-state index in [1.807, 2.05) is 4.90 Å². The summed E-state index contributed by atoms with van der Waals surface area (Å²) < 4.78 is 0. The molecule has 0 bridgehead atoms. The second kappa shape index (κ2) is 6.74. The zero-order valence-corrected chi connectivity index (χ0v) is 12.6. The average molecular weight is 293 g/mol. The molecular weight excluding hydrogens is 270 g/mol. The van der Waals surface area contributed by atoms with Crippen LogP contribution in [0.4, 0.5) is 0 Å².